The topological polar surface area (TPSA) is 68.0 Å². The van der Waals surface area contributed by atoms with Gasteiger partial charge in [0.2, 0.25) is 0 Å². The van der Waals surface area contributed by atoms with Gasteiger partial charge in [0.1, 0.15) is 0 Å². The van der Waals surface area contributed by atoms with Gasteiger partial charge in [-0.2, -0.15) is 0 Å². The molecule has 1 aromatic heterocycles. The van der Waals surface area contributed by atoms with Crippen molar-refractivity contribution < 1.29 is 9.18 Å². The Labute approximate surface area is 104 Å². The maximum atomic E-state index is 13.3. The fourth-order valence-corrected chi connectivity index (χ4v) is 1.49. The van der Waals surface area contributed by atoms with Crippen molar-refractivity contribution in [3.05, 3.63) is 53.6 Å². The molecule has 18 heavy (non-hydrogen) atoms. The lowest BCUT2D eigenvalue weighted by atomic mass is 10.1. The molecule has 0 aliphatic rings. The number of anilines is 2. The van der Waals surface area contributed by atoms with Crippen LogP contribution in [-0.4, -0.2) is 10.9 Å². The van der Waals surface area contributed by atoms with Gasteiger partial charge in [0.05, 0.1) is 11.9 Å². The van der Waals surface area contributed by atoms with E-state index in [2.05, 4.69) is 10.3 Å². The van der Waals surface area contributed by atoms with E-state index in [0.29, 0.717) is 11.3 Å². The zero-order valence-electron chi connectivity index (χ0n) is 9.77. The van der Waals surface area contributed by atoms with Crippen LogP contribution in [0.5, 0.6) is 0 Å². The van der Waals surface area contributed by atoms with Crippen molar-refractivity contribution in [2.75, 3.05) is 11.1 Å². The largest absolute Gasteiger partial charge is 0.399 e. The minimum Gasteiger partial charge on any atom is -0.399 e. The number of pyridine rings is 1. The second kappa shape index (κ2) is 4.83. The van der Waals surface area contributed by atoms with Crippen LogP contribution in [0.25, 0.3) is 0 Å². The van der Waals surface area contributed by atoms with Gasteiger partial charge in [0, 0.05) is 17.4 Å². The number of nitrogens with one attached hydrogen (secondary N) is 1. The molecular formula is C13H12FN3O. The molecule has 2 aromatic rings. The van der Waals surface area contributed by atoms with E-state index < -0.39 is 5.82 Å². The lowest BCUT2D eigenvalue weighted by Crippen LogP contribution is -2.13. The Balaban J connectivity index is 2.22. The van der Waals surface area contributed by atoms with Crippen molar-refractivity contribution in [1.82, 2.24) is 4.98 Å². The van der Waals surface area contributed by atoms with E-state index in [9.17, 15) is 9.18 Å². The highest BCUT2D eigenvalue weighted by atomic mass is 19.1. The molecule has 0 unspecified atom stereocenters. The summed E-state index contributed by atoms with van der Waals surface area (Å²) >= 11 is 0. The van der Waals surface area contributed by atoms with Crippen LogP contribution in [-0.2, 0) is 0 Å². The Bertz CT molecular complexity index is 599. The summed E-state index contributed by atoms with van der Waals surface area (Å²) in [5, 5.41) is 2.48. The van der Waals surface area contributed by atoms with Gasteiger partial charge in [-0.15, -0.1) is 0 Å². The summed E-state index contributed by atoms with van der Waals surface area (Å²) in [5.41, 5.74) is 7.61. The van der Waals surface area contributed by atoms with Gasteiger partial charge in [-0.25, -0.2) is 4.39 Å². The number of hydrogen-bond acceptors (Lipinski definition) is 3. The van der Waals surface area contributed by atoms with E-state index >= 15 is 0 Å². The van der Waals surface area contributed by atoms with Crippen LogP contribution >= 0.6 is 0 Å². The second-order valence-corrected chi connectivity index (χ2v) is 3.88. The molecular weight excluding hydrogens is 233 g/mol. The summed E-state index contributed by atoms with van der Waals surface area (Å²) in [6, 6.07) is 6.30. The molecule has 4 nitrogen and oxygen atoms in total. The number of amides is 1. The number of rotatable bonds is 2. The Morgan fingerprint density at radius 3 is 2.83 bits per heavy atom. The van der Waals surface area contributed by atoms with E-state index in [-0.39, 0.29) is 11.6 Å². The van der Waals surface area contributed by atoms with Crippen molar-refractivity contribution in [2.24, 2.45) is 0 Å². The molecule has 0 radical (unpaired) electrons. The number of aromatic nitrogens is 1. The minimum absolute atomic E-state index is 0.101. The number of carbonyl (C=O) groups is 1. The Morgan fingerprint density at radius 2 is 2.17 bits per heavy atom. The van der Waals surface area contributed by atoms with Crippen LogP contribution in [0.15, 0.2) is 36.7 Å². The predicted molar refractivity (Wildman–Crippen MR) is 67.7 cm³/mol. The van der Waals surface area contributed by atoms with E-state index in [4.69, 9.17) is 5.73 Å². The summed E-state index contributed by atoms with van der Waals surface area (Å²) in [5.74, 6) is -0.957. The van der Waals surface area contributed by atoms with Gasteiger partial charge in [0.15, 0.2) is 5.82 Å². The Morgan fingerprint density at radius 1 is 1.39 bits per heavy atom. The van der Waals surface area contributed by atoms with Crippen LogP contribution in [0.1, 0.15) is 15.9 Å². The number of nitrogens with two attached hydrogens (primary N) is 1. The second-order valence-electron chi connectivity index (χ2n) is 3.88. The summed E-state index contributed by atoms with van der Waals surface area (Å²) < 4.78 is 13.3. The SMILES string of the molecule is Cc1cc(C(=O)Nc2ccncc2F)ccc1N. The van der Waals surface area contributed by atoms with Gasteiger partial charge in [0.25, 0.3) is 5.91 Å². The first-order valence-electron chi connectivity index (χ1n) is 5.35. The van der Waals surface area contributed by atoms with E-state index in [1.54, 1.807) is 25.1 Å². The molecule has 92 valence electrons. The monoisotopic (exact) mass is 245 g/mol. The fraction of sp³-hybridized carbons (Fsp3) is 0.0769. The predicted octanol–water partition coefficient (Wildman–Crippen LogP) is 2.36. The van der Waals surface area contributed by atoms with Gasteiger partial charge in [-0.1, -0.05) is 0 Å². The van der Waals surface area contributed by atoms with Crippen molar-refractivity contribution in [3.8, 4) is 0 Å². The number of halogens is 1. The minimum atomic E-state index is -0.571. The molecule has 2 rings (SSSR count). The summed E-state index contributed by atoms with van der Waals surface area (Å²) in [6.45, 7) is 1.80. The zero-order valence-corrected chi connectivity index (χ0v) is 9.77. The smallest absolute Gasteiger partial charge is 0.255 e. The lowest BCUT2D eigenvalue weighted by molar-refractivity contribution is 0.102. The van der Waals surface area contributed by atoms with Crippen molar-refractivity contribution in [3.63, 3.8) is 0 Å². The van der Waals surface area contributed by atoms with Gasteiger partial charge < -0.3 is 11.1 Å². The molecule has 0 bridgehead atoms. The number of benzene rings is 1. The van der Waals surface area contributed by atoms with Crippen LogP contribution in [0, 0.1) is 12.7 Å². The number of hydrogen-bond donors (Lipinski definition) is 2. The van der Waals surface area contributed by atoms with Gasteiger partial charge in [-0.05, 0) is 36.8 Å². The third kappa shape index (κ3) is 2.45. The number of nitrogens with zero attached hydrogens (tertiary/aromatic N) is 1. The fourth-order valence-electron chi connectivity index (χ4n) is 1.49. The van der Waals surface area contributed by atoms with Crippen molar-refractivity contribution in [1.29, 1.82) is 0 Å². The van der Waals surface area contributed by atoms with Crippen LogP contribution in [0.4, 0.5) is 15.8 Å². The molecule has 0 spiro atoms. The van der Waals surface area contributed by atoms with Crippen LogP contribution in [0.2, 0.25) is 0 Å². The van der Waals surface area contributed by atoms with E-state index in [0.717, 1.165) is 11.8 Å². The highest BCUT2D eigenvalue weighted by Crippen LogP contribution is 2.16. The normalized spacial score (nSPS) is 10.1. The summed E-state index contributed by atoms with van der Waals surface area (Å²) in [7, 11) is 0. The molecule has 3 N–H and O–H groups in total. The van der Waals surface area contributed by atoms with Crippen LogP contribution < -0.4 is 11.1 Å². The van der Waals surface area contributed by atoms with Crippen molar-refractivity contribution >= 4 is 17.3 Å². The highest BCUT2D eigenvalue weighted by Gasteiger charge is 2.09. The maximum Gasteiger partial charge on any atom is 0.255 e. The van der Waals surface area contributed by atoms with Gasteiger partial charge in [-0.3, -0.25) is 9.78 Å². The first-order valence-corrected chi connectivity index (χ1v) is 5.35. The Kier molecular flexibility index (Phi) is 3.23. The molecule has 0 fully saturated rings. The molecule has 1 aromatic carbocycles. The van der Waals surface area contributed by atoms with Crippen LogP contribution in [0.3, 0.4) is 0 Å². The van der Waals surface area contributed by atoms with Crippen molar-refractivity contribution in [2.45, 2.75) is 6.92 Å². The molecule has 0 aliphatic heterocycles. The van der Waals surface area contributed by atoms with E-state index in [1.807, 2.05) is 0 Å². The molecule has 1 heterocycles. The first-order chi connectivity index (χ1) is 8.58. The summed E-state index contributed by atoms with van der Waals surface area (Å²) in [6.07, 6.45) is 2.46. The van der Waals surface area contributed by atoms with E-state index in [1.165, 1.54) is 12.3 Å². The first kappa shape index (κ1) is 12.0. The molecule has 5 heteroatoms. The molecule has 1 amide bonds. The molecule has 0 aliphatic carbocycles. The third-order valence-electron chi connectivity index (χ3n) is 2.55. The quantitative estimate of drug-likeness (QED) is 0.798. The molecule has 0 saturated heterocycles. The molecule has 0 saturated carbocycles. The number of carbonyl (C=O) groups excluding carboxylic acids is 1. The standard InChI is InChI=1S/C13H12FN3O/c1-8-6-9(2-3-11(8)15)13(18)17-12-4-5-16-7-10(12)14/h2-7H,15H2,1H3,(H,16,17,18). The Hall–Kier alpha value is -2.43. The number of nitrogen functional groups attached to an aromatic ring is 1. The third-order valence-corrected chi connectivity index (χ3v) is 2.55. The lowest BCUT2D eigenvalue weighted by Gasteiger charge is -2.07. The number of aryl methyl sites for hydroxylation is 1. The average Bonchev–Trinajstić information content (AvgIpc) is 2.35. The average molecular weight is 245 g/mol. The zero-order chi connectivity index (χ0) is 13.1. The van der Waals surface area contributed by atoms with Gasteiger partial charge >= 0.3 is 0 Å². The molecule has 0 atom stereocenters. The highest BCUT2D eigenvalue weighted by molar-refractivity contribution is 6.04. The maximum absolute atomic E-state index is 13.3. The summed E-state index contributed by atoms with van der Waals surface area (Å²) in [4.78, 5) is 15.5.